The first-order valence-electron chi connectivity index (χ1n) is 6.52. The van der Waals surface area contributed by atoms with E-state index < -0.39 is 0 Å². The van der Waals surface area contributed by atoms with Gasteiger partial charge >= 0.3 is 0 Å². The molecule has 0 saturated heterocycles. The van der Waals surface area contributed by atoms with Crippen molar-refractivity contribution in [3.05, 3.63) is 54.6 Å². The Balaban J connectivity index is 1.84. The van der Waals surface area contributed by atoms with Crippen molar-refractivity contribution in [1.82, 2.24) is 9.88 Å². The van der Waals surface area contributed by atoms with Crippen molar-refractivity contribution in [2.24, 2.45) is 0 Å². The first kappa shape index (κ1) is 13.3. The Kier molecular flexibility index (Phi) is 4.34. The number of amides is 1. The molecular formula is C15H20N3O+. The molecule has 0 atom stereocenters. The highest BCUT2D eigenvalue weighted by molar-refractivity contribution is 5.74. The minimum atomic E-state index is 0.0235. The summed E-state index contributed by atoms with van der Waals surface area (Å²) in [5, 5.41) is 2.92. The minimum absolute atomic E-state index is 0.0235. The lowest BCUT2D eigenvalue weighted by molar-refractivity contribution is -0.684. The SMILES string of the molecule is CC(C)n1cc[n+](CC(=O)NCc2ccccc2)c1. The number of imidazole rings is 1. The van der Waals surface area contributed by atoms with Crippen LogP contribution in [0.25, 0.3) is 0 Å². The fourth-order valence-corrected chi connectivity index (χ4v) is 1.83. The third-order valence-electron chi connectivity index (χ3n) is 2.97. The lowest BCUT2D eigenvalue weighted by Gasteiger charge is -2.03. The van der Waals surface area contributed by atoms with Crippen molar-refractivity contribution in [2.45, 2.75) is 33.0 Å². The molecule has 0 fully saturated rings. The molecule has 0 spiro atoms. The predicted octanol–water partition coefficient (Wildman–Crippen LogP) is 1.67. The highest BCUT2D eigenvalue weighted by atomic mass is 16.1. The number of carbonyl (C=O) groups is 1. The Morgan fingerprint density at radius 2 is 2.05 bits per heavy atom. The van der Waals surface area contributed by atoms with Crippen LogP contribution in [0.4, 0.5) is 0 Å². The predicted molar refractivity (Wildman–Crippen MR) is 73.3 cm³/mol. The van der Waals surface area contributed by atoms with Gasteiger partial charge in [0, 0.05) is 6.54 Å². The fraction of sp³-hybridized carbons (Fsp3) is 0.333. The average Bonchev–Trinajstić information content (AvgIpc) is 2.86. The van der Waals surface area contributed by atoms with Gasteiger partial charge in [-0.25, -0.2) is 9.13 Å². The Morgan fingerprint density at radius 1 is 1.32 bits per heavy atom. The molecule has 0 unspecified atom stereocenters. The molecule has 1 N–H and O–H groups in total. The van der Waals surface area contributed by atoms with E-state index in [4.69, 9.17) is 0 Å². The molecule has 1 aromatic carbocycles. The Morgan fingerprint density at radius 3 is 2.68 bits per heavy atom. The average molecular weight is 258 g/mol. The topological polar surface area (TPSA) is 37.9 Å². The molecule has 4 nitrogen and oxygen atoms in total. The van der Waals surface area contributed by atoms with Crippen molar-refractivity contribution < 1.29 is 9.36 Å². The van der Waals surface area contributed by atoms with Crippen molar-refractivity contribution >= 4 is 5.91 Å². The minimum Gasteiger partial charge on any atom is -0.349 e. The largest absolute Gasteiger partial charge is 0.349 e. The smallest absolute Gasteiger partial charge is 0.262 e. The van der Waals surface area contributed by atoms with Crippen molar-refractivity contribution in [3.8, 4) is 0 Å². The van der Waals surface area contributed by atoms with Crippen LogP contribution in [0, 0.1) is 0 Å². The van der Waals surface area contributed by atoms with Crippen LogP contribution in [-0.4, -0.2) is 10.5 Å². The van der Waals surface area contributed by atoms with Crippen LogP contribution < -0.4 is 9.88 Å². The summed E-state index contributed by atoms with van der Waals surface area (Å²) < 4.78 is 3.96. The fourth-order valence-electron chi connectivity index (χ4n) is 1.83. The van der Waals surface area contributed by atoms with Crippen LogP contribution in [0.1, 0.15) is 25.5 Å². The van der Waals surface area contributed by atoms with Gasteiger partial charge in [-0.1, -0.05) is 30.3 Å². The van der Waals surface area contributed by atoms with E-state index in [2.05, 4.69) is 23.7 Å². The first-order chi connectivity index (χ1) is 9.15. The van der Waals surface area contributed by atoms with Crippen LogP contribution >= 0.6 is 0 Å². The Labute approximate surface area is 113 Å². The number of hydrogen-bond acceptors (Lipinski definition) is 1. The maximum Gasteiger partial charge on any atom is 0.262 e. The standard InChI is InChI=1S/C15H19N3O/c1-13(2)18-9-8-17(12-18)11-15(19)16-10-14-6-4-3-5-7-14/h3-9,12-13H,10-11H2,1-2H3/p+1. The number of nitrogens with zero attached hydrogens (tertiary/aromatic N) is 2. The molecule has 0 radical (unpaired) electrons. The molecule has 0 saturated carbocycles. The second-order valence-corrected chi connectivity index (χ2v) is 4.89. The number of hydrogen-bond donors (Lipinski definition) is 1. The summed E-state index contributed by atoms with van der Waals surface area (Å²) in [4.78, 5) is 11.8. The number of carbonyl (C=O) groups excluding carboxylic acids is 1. The molecule has 19 heavy (non-hydrogen) atoms. The quantitative estimate of drug-likeness (QED) is 0.814. The summed E-state index contributed by atoms with van der Waals surface area (Å²) in [6, 6.07) is 10.3. The number of nitrogens with one attached hydrogen (secondary N) is 1. The lowest BCUT2D eigenvalue weighted by atomic mass is 10.2. The zero-order valence-electron chi connectivity index (χ0n) is 11.4. The molecule has 0 aliphatic rings. The van der Waals surface area contributed by atoms with E-state index >= 15 is 0 Å². The second kappa shape index (κ2) is 6.18. The van der Waals surface area contributed by atoms with E-state index in [1.54, 1.807) is 0 Å². The summed E-state index contributed by atoms with van der Waals surface area (Å²) in [5.74, 6) is 0.0235. The molecule has 0 aliphatic carbocycles. The molecule has 4 heteroatoms. The van der Waals surface area contributed by atoms with Gasteiger partial charge in [0.15, 0.2) is 6.54 Å². The van der Waals surface area contributed by atoms with Crippen LogP contribution in [0.5, 0.6) is 0 Å². The van der Waals surface area contributed by atoms with Gasteiger partial charge < -0.3 is 5.32 Å². The number of aromatic nitrogens is 2. The zero-order valence-corrected chi connectivity index (χ0v) is 11.4. The highest BCUT2D eigenvalue weighted by Crippen LogP contribution is 2.00. The van der Waals surface area contributed by atoms with Gasteiger partial charge in [0.2, 0.25) is 6.33 Å². The molecular weight excluding hydrogens is 238 g/mol. The summed E-state index contributed by atoms with van der Waals surface area (Å²) in [7, 11) is 0. The van der Waals surface area contributed by atoms with E-state index in [1.165, 1.54) is 0 Å². The van der Waals surface area contributed by atoms with Crippen LogP contribution in [0.15, 0.2) is 49.1 Å². The monoisotopic (exact) mass is 258 g/mol. The maximum atomic E-state index is 11.8. The van der Waals surface area contributed by atoms with Crippen LogP contribution in [0.2, 0.25) is 0 Å². The summed E-state index contributed by atoms with van der Waals surface area (Å²) >= 11 is 0. The normalized spacial score (nSPS) is 10.7. The number of benzene rings is 1. The van der Waals surface area contributed by atoms with Crippen LogP contribution in [-0.2, 0) is 17.9 Å². The molecule has 0 bridgehead atoms. The Bertz CT molecular complexity index is 531. The molecule has 1 aromatic heterocycles. The summed E-state index contributed by atoms with van der Waals surface area (Å²) in [6.45, 7) is 5.15. The van der Waals surface area contributed by atoms with Gasteiger partial charge in [-0.3, -0.25) is 4.79 Å². The van der Waals surface area contributed by atoms with Gasteiger partial charge in [0.25, 0.3) is 5.91 Å². The summed E-state index contributed by atoms with van der Waals surface area (Å²) in [6.07, 6.45) is 5.85. The van der Waals surface area contributed by atoms with E-state index in [1.807, 2.05) is 53.6 Å². The van der Waals surface area contributed by atoms with Gasteiger partial charge in [-0.15, -0.1) is 0 Å². The van der Waals surface area contributed by atoms with Gasteiger partial charge in [0.1, 0.15) is 12.4 Å². The Hall–Kier alpha value is -2.10. The lowest BCUT2D eigenvalue weighted by Crippen LogP contribution is -2.41. The molecule has 100 valence electrons. The van der Waals surface area contributed by atoms with Crippen molar-refractivity contribution in [1.29, 1.82) is 0 Å². The molecule has 2 rings (SSSR count). The van der Waals surface area contributed by atoms with E-state index in [0.717, 1.165) is 5.56 Å². The zero-order chi connectivity index (χ0) is 13.7. The third-order valence-corrected chi connectivity index (χ3v) is 2.97. The molecule has 2 aromatic rings. The first-order valence-corrected chi connectivity index (χ1v) is 6.52. The van der Waals surface area contributed by atoms with Crippen molar-refractivity contribution in [3.63, 3.8) is 0 Å². The van der Waals surface area contributed by atoms with E-state index in [0.29, 0.717) is 19.1 Å². The molecule has 0 aliphatic heterocycles. The highest BCUT2D eigenvalue weighted by Gasteiger charge is 2.10. The van der Waals surface area contributed by atoms with Crippen LogP contribution in [0.3, 0.4) is 0 Å². The van der Waals surface area contributed by atoms with Crippen molar-refractivity contribution in [2.75, 3.05) is 0 Å². The van der Waals surface area contributed by atoms with E-state index in [-0.39, 0.29) is 5.91 Å². The van der Waals surface area contributed by atoms with Gasteiger partial charge in [0.05, 0.1) is 6.04 Å². The van der Waals surface area contributed by atoms with Gasteiger partial charge in [-0.2, -0.15) is 0 Å². The molecule has 1 heterocycles. The third kappa shape index (κ3) is 3.95. The summed E-state index contributed by atoms with van der Waals surface area (Å²) in [5.41, 5.74) is 1.11. The number of rotatable bonds is 5. The molecule has 1 amide bonds. The second-order valence-electron chi connectivity index (χ2n) is 4.89. The van der Waals surface area contributed by atoms with E-state index in [9.17, 15) is 4.79 Å². The maximum absolute atomic E-state index is 11.8. The van der Waals surface area contributed by atoms with Gasteiger partial charge in [-0.05, 0) is 19.4 Å².